The van der Waals surface area contributed by atoms with E-state index in [0.717, 1.165) is 11.1 Å². The van der Waals surface area contributed by atoms with Crippen molar-refractivity contribution < 1.29 is 9.84 Å². The Labute approximate surface area is 111 Å². The Hall–Kier alpha value is -1.71. The molecule has 0 saturated heterocycles. The molecule has 0 aliphatic carbocycles. The highest BCUT2D eigenvalue weighted by Gasteiger charge is 2.04. The van der Waals surface area contributed by atoms with Gasteiger partial charge < -0.3 is 15.6 Å². The lowest BCUT2D eigenvalue weighted by molar-refractivity contribution is 0.259. The molecular weight excluding hydrogens is 250 g/mol. The second kappa shape index (κ2) is 5.76. The number of aliphatic hydroxyl groups is 1. The lowest BCUT2D eigenvalue weighted by Gasteiger charge is -2.11. The Kier molecular flexibility index (Phi) is 4.07. The average molecular weight is 264 g/mol. The molecule has 0 atom stereocenters. The van der Waals surface area contributed by atoms with Crippen LogP contribution in [-0.2, 0) is 13.2 Å². The fourth-order valence-electron chi connectivity index (χ4n) is 1.63. The first kappa shape index (κ1) is 12.7. The van der Waals surface area contributed by atoms with Crippen molar-refractivity contribution in [2.75, 3.05) is 5.73 Å². The van der Waals surface area contributed by atoms with Gasteiger partial charge in [0.25, 0.3) is 0 Å². The van der Waals surface area contributed by atoms with Gasteiger partial charge in [0.05, 0.1) is 6.61 Å². The minimum absolute atomic E-state index is 0.0544. The topological polar surface area (TPSA) is 55.5 Å². The summed E-state index contributed by atoms with van der Waals surface area (Å²) in [6, 6.07) is 12.6. The monoisotopic (exact) mass is 263 g/mol. The molecule has 0 aliphatic rings. The van der Waals surface area contributed by atoms with Crippen molar-refractivity contribution in [1.29, 1.82) is 0 Å². The normalized spacial score (nSPS) is 10.3. The lowest BCUT2D eigenvalue weighted by Crippen LogP contribution is -2.02. The van der Waals surface area contributed by atoms with Gasteiger partial charge in [-0.05, 0) is 24.3 Å². The second-order valence-corrected chi connectivity index (χ2v) is 4.33. The number of halogens is 1. The molecule has 0 unspecified atom stereocenters. The minimum atomic E-state index is -0.0544. The Morgan fingerprint density at radius 2 is 1.89 bits per heavy atom. The maximum Gasteiger partial charge on any atom is 0.125 e. The van der Waals surface area contributed by atoms with E-state index in [9.17, 15) is 5.11 Å². The van der Waals surface area contributed by atoms with E-state index in [-0.39, 0.29) is 6.61 Å². The molecule has 2 rings (SSSR count). The van der Waals surface area contributed by atoms with Crippen LogP contribution >= 0.6 is 11.6 Å². The van der Waals surface area contributed by atoms with Crippen molar-refractivity contribution in [1.82, 2.24) is 0 Å². The predicted molar refractivity (Wildman–Crippen MR) is 72.6 cm³/mol. The first-order valence-electron chi connectivity index (χ1n) is 5.56. The van der Waals surface area contributed by atoms with Gasteiger partial charge in [-0.25, -0.2) is 0 Å². The molecule has 0 amide bonds. The summed E-state index contributed by atoms with van der Waals surface area (Å²) in [5.41, 5.74) is 8.05. The van der Waals surface area contributed by atoms with Crippen molar-refractivity contribution in [2.45, 2.75) is 13.2 Å². The molecule has 0 bridgehead atoms. The van der Waals surface area contributed by atoms with Gasteiger partial charge in [-0.2, -0.15) is 0 Å². The zero-order valence-corrected chi connectivity index (χ0v) is 10.5. The maximum absolute atomic E-state index is 9.19. The van der Waals surface area contributed by atoms with Gasteiger partial charge in [0, 0.05) is 21.8 Å². The number of benzene rings is 2. The number of ether oxygens (including phenoxy) is 1. The molecule has 0 heterocycles. The van der Waals surface area contributed by atoms with Crippen LogP contribution in [0.15, 0.2) is 42.5 Å². The number of nitrogens with two attached hydrogens (primary N) is 1. The Balaban J connectivity index is 2.14. The molecule has 0 spiro atoms. The highest BCUT2D eigenvalue weighted by Crippen LogP contribution is 2.22. The van der Waals surface area contributed by atoms with Gasteiger partial charge in [-0.3, -0.25) is 0 Å². The van der Waals surface area contributed by atoms with Crippen molar-refractivity contribution in [3.05, 3.63) is 58.6 Å². The van der Waals surface area contributed by atoms with E-state index in [1.54, 1.807) is 18.2 Å². The van der Waals surface area contributed by atoms with E-state index in [1.165, 1.54) is 0 Å². The number of hydrogen-bond acceptors (Lipinski definition) is 3. The number of nitrogen functional groups attached to an aromatic ring is 1. The van der Waals surface area contributed by atoms with Crippen molar-refractivity contribution >= 4 is 17.3 Å². The molecule has 3 N–H and O–H groups in total. The van der Waals surface area contributed by atoms with Gasteiger partial charge in [0.2, 0.25) is 0 Å². The fourth-order valence-corrected chi connectivity index (χ4v) is 1.82. The van der Waals surface area contributed by atoms with Crippen LogP contribution < -0.4 is 10.5 Å². The van der Waals surface area contributed by atoms with Crippen LogP contribution in [0.25, 0.3) is 0 Å². The smallest absolute Gasteiger partial charge is 0.125 e. The fraction of sp³-hybridized carbons (Fsp3) is 0.143. The maximum atomic E-state index is 9.19. The van der Waals surface area contributed by atoms with Crippen molar-refractivity contribution in [3.8, 4) is 5.75 Å². The summed E-state index contributed by atoms with van der Waals surface area (Å²) in [7, 11) is 0. The quantitative estimate of drug-likeness (QED) is 0.834. The summed E-state index contributed by atoms with van der Waals surface area (Å²) in [5, 5.41) is 9.81. The summed E-state index contributed by atoms with van der Waals surface area (Å²) in [5.74, 6) is 0.652. The Morgan fingerprint density at radius 3 is 2.67 bits per heavy atom. The zero-order chi connectivity index (χ0) is 13.0. The van der Waals surface area contributed by atoms with Crippen LogP contribution in [0.2, 0.25) is 5.02 Å². The first-order chi connectivity index (χ1) is 8.70. The molecule has 0 saturated carbocycles. The largest absolute Gasteiger partial charge is 0.488 e. The zero-order valence-electron chi connectivity index (χ0n) is 9.77. The average Bonchev–Trinajstić information content (AvgIpc) is 2.40. The van der Waals surface area contributed by atoms with Gasteiger partial charge in [0.1, 0.15) is 12.4 Å². The van der Waals surface area contributed by atoms with Crippen LogP contribution in [0.3, 0.4) is 0 Å². The van der Waals surface area contributed by atoms with Crippen LogP contribution in [-0.4, -0.2) is 5.11 Å². The van der Waals surface area contributed by atoms with Crippen molar-refractivity contribution in [2.24, 2.45) is 0 Å². The highest BCUT2D eigenvalue weighted by atomic mass is 35.5. The number of rotatable bonds is 4. The van der Waals surface area contributed by atoms with E-state index >= 15 is 0 Å². The van der Waals surface area contributed by atoms with E-state index < -0.39 is 0 Å². The van der Waals surface area contributed by atoms with E-state index in [2.05, 4.69) is 0 Å². The molecule has 18 heavy (non-hydrogen) atoms. The first-order valence-corrected chi connectivity index (χ1v) is 5.94. The van der Waals surface area contributed by atoms with Crippen LogP contribution in [0.5, 0.6) is 5.75 Å². The van der Waals surface area contributed by atoms with Gasteiger partial charge in [0.15, 0.2) is 0 Å². The second-order valence-electron chi connectivity index (χ2n) is 3.90. The molecule has 0 fully saturated rings. The number of para-hydroxylation sites is 1. The molecular formula is C14H14ClNO2. The predicted octanol–water partition coefficient (Wildman–Crippen LogP) is 2.99. The van der Waals surface area contributed by atoms with Crippen LogP contribution in [0.4, 0.5) is 5.69 Å². The number of aliphatic hydroxyl groups excluding tert-OH is 1. The summed E-state index contributed by atoms with van der Waals surface area (Å²) < 4.78 is 5.65. The van der Waals surface area contributed by atoms with Crippen LogP contribution in [0, 0.1) is 0 Å². The summed E-state index contributed by atoms with van der Waals surface area (Å²) in [6.45, 7) is 0.268. The molecule has 2 aromatic carbocycles. The minimum Gasteiger partial charge on any atom is -0.488 e. The Morgan fingerprint density at radius 1 is 1.11 bits per heavy atom. The number of hydrogen-bond donors (Lipinski definition) is 2. The molecule has 0 aromatic heterocycles. The third-order valence-electron chi connectivity index (χ3n) is 2.63. The molecule has 94 valence electrons. The third-order valence-corrected chi connectivity index (χ3v) is 2.87. The van der Waals surface area contributed by atoms with Gasteiger partial charge in [-0.1, -0.05) is 29.8 Å². The standard InChI is InChI=1S/C14H14ClNO2/c15-12-5-6-13(16)11(7-12)9-18-14-4-2-1-3-10(14)8-17/h1-7,17H,8-9,16H2. The van der Waals surface area contributed by atoms with E-state index in [1.807, 2.05) is 24.3 Å². The number of anilines is 1. The lowest BCUT2D eigenvalue weighted by atomic mass is 10.2. The summed E-state index contributed by atoms with van der Waals surface area (Å²) >= 11 is 5.91. The van der Waals surface area contributed by atoms with E-state index in [4.69, 9.17) is 22.1 Å². The molecule has 2 aromatic rings. The van der Waals surface area contributed by atoms with Crippen molar-refractivity contribution in [3.63, 3.8) is 0 Å². The summed E-state index contributed by atoms with van der Waals surface area (Å²) in [6.07, 6.45) is 0. The Bertz CT molecular complexity index is 543. The molecule has 0 aliphatic heterocycles. The highest BCUT2D eigenvalue weighted by molar-refractivity contribution is 6.30. The van der Waals surface area contributed by atoms with Gasteiger partial charge in [-0.15, -0.1) is 0 Å². The summed E-state index contributed by atoms with van der Waals surface area (Å²) in [4.78, 5) is 0. The molecule has 3 nitrogen and oxygen atoms in total. The molecule has 0 radical (unpaired) electrons. The van der Waals surface area contributed by atoms with E-state index in [0.29, 0.717) is 23.1 Å². The third kappa shape index (κ3) is 2.94. The SMILES string of the molecule is Nc1ccc(Cl)cc1COc1ccccc1CO. The van der Waals surface area contributed by atoms with Crippen LogP contribution in [0.1, 0.15) is 11.1 Å². The van der Waals surface area contributed by atoms with Gasteiger partial charge >= 0.3 is 0 Å². The molecule has 4 heteroatoms.